The van der Waals surface area contributed by atoms with Crippen molar-refractivity contribution in [1.29, 1.82) is 0 Å². The minimum atomic E-state index is 0.292. The number of rotatable bonds is 4. The van der Waals surface area contributed by atoms with E-state index < -0.39 is 0 Å². The molecule has 2 N–H and O–H groups in total. The average molecular weight is 234 g/mol. The molecule has 0 radical (unpaired) electrons. The van der Waals surface area contributed by atoms with Crippen LogP contribution in [0.1, 0.15) is 49.7 Å². The van der Waals surface area contributed by atoms with Crippen molar-refractivity contribution in [2.75, 3.05) is 19.6 Å². The molecule has 2 aliphatic rings. The van der Waals surface area contributed by atoms with Gasteiger partial charge in [0.05, 0.1) is 6.04 Å². The molecule has 1 aliphatic carbocycles. The molecule has 3 heteroatoms. The lowest BCUT2D eigenvalue weighted by Gasteiger charge is -2.24. The van der Waals surface area contributed by atoms with Crippen LogP contribution in [0.15, 0.2) is 16.5 Å². The normalized spacial score (nSPS) is 30.7. The molecule has 2 heterocycles. The van der Waals surface area contributed by atoms with Gasteiger partial charge in [-0.3, -0.25) is 4.90 Å². The van der Waals surface area contributed by atoms with Gasteiger partial charge in [0.15, 0.2) is 0 Å². The maximum absolute atomic E-state index is 6.02. The van der Waals surface area contributed by atoms with E-state index in [0.29, 0.717) is 18.5 Å². The van der Waals surface area contributed by atoms with Gasteiger partial charge in [-0.1, -0.05) is 6.92 Å². The quantitative estimate of drug-likeness (QED) is 0.870. The molecule has 1 aromatic rings. The van der Waals surface area contributed by atoms with Crippen LogP contribution < -0.4 is 5.73 Å². The van der Waals surface area contributed by atoms with E-state index in [4.69, 9.17) is 10.2 Å². The second-order valence-electron chi connectivity index (χ2n) is 5.55. The van der Waals surface area contributed by atoms with Gasteiger partial charge in [-0.2, -0.15) is 0 Å². The SMILES string of the molecule is CC1CC1c1ccc(C(CN)N2CCCC2)o1. The van der Waals surface area contributed by atoms with Crippen molar-refractivity contribution in [3.63, 3.8) is 0 Å². The van der Waals surface area contributed by atoms with Crippen LogP contribution in [0.25, 0.3) is 0 Å². The van der Waals surface area contributed by atoms with E-state index in [2.05, 4.69) is 24.0 Å². The molecule has 0 spiro atoms. The summed E-state index contributed by atoms with van der Waals surface area (Å²) in [6, 6.07) is 4.58. The van der Waals surface area contributed by atoms with Gasteiger partial charge >= 0.3 is 0 Å². The zero-order chi connectivity index (χ0) is 11.8. The van der Waals surface area contributed by atoms with Crippen LogP contribution in [0.2, 0.25) is 0 Å². The average Bonchev–Trinajstić information content (AvgIpc) is 2.80. The van der Waals surface area contributed by atoms with Crippen molar-refractivity contribution in [2.24, 2.45) is 11.7 Å². The molecule has 1 saturated heterocycles. The second kappa shape index (κ2) is 4.46. The fourth-order valence-electron chi connectivity index (χ4n) is 2.96. The number of nitrogens with two attached hydrogens (primary N) is 1. The van der Waals surface area contributed by atoms with Crippen LogP contribution in [-0.2, 0) is 0 Å². The zero-order valence-electron chi connectivity index (χ0n) is 10.6. The smallest absolute Gasteiger partial charge is 0.122 e. The summed E-state index contributed by atoms with van der Waals surface area (Å²) in [7, 11) is 0. The second-order valence-corrected chi connectivity index (χ2v) is 5.55. The Labute approximate surface area is 103 Å². The number of hydrogen-bond acceptors (Lipinski definition) is 3. The third-order valence-corrected chi connectivity index (χ3v) is 4.26. The first-order valence-electron chi connectivity index (χ1n) is 6.83. The highest BCUT2D eigenvalue weighted by Gasteiger charge is 2.37. The molecule has 1 saturated carbocycles. The Kier molecular flexibility index (Phi) is 2.97. The van der Waals surface area contributed by atoms with Crippen LogP contribution >= 0.6 is 0 Å². The first-order valence-corrected chi connectivity index (χ1v) is 6.83. The van der Waals surface area contributed by atoms with Crippen molar-refractivity contribution < 1.29 is 4.42 Å². The summed E-state index contributed by atoms with van der Waals surface area (Å²) in [5, 5.41) is 0. The summed E-state index contributed by atoms with van der Waals surface area (Å²) in [6.07, 6.45) is 3.87. The van der Waals surface area contributed by atoms with Crippen LogP contribution in [-0.4, -0.2) is 24.5 Å². The van der Waals surface area contributed by atoms with E-state index in [0.717, 1.165) is 24.8 Å². The Morgan fingerprint density at radius 2 is 2.12 bits per heavy atom. The fraction of sp³-hybridized carbons (Fsp3) is 0.714. The van der Waals surface area contributed by atoms with Crippen LogP contribution in [0.5, 0.6) is 0 Å². The minimum Gasteiger partial charge on any atom is -0.464 e. The Balaban J connectivity index is 1.74. The van der Waals surface area contributed by atoms with E-state index in [9.17, 15) is 0 Å². The molecule has 2 fully saturated rings. The van der Waals surface area contributed by atoms with Crippen LogP contribution in [0, 0.1) is 5.92 Å². The van der Waals surface area contributed by atoms with Gasteiger partial charge in [0.2, 0.25) is 0 Å². The number of likely N-dealkylation sites (tertiary alicyclic amines) is 1. The van der Waals surface area contributed by atoms with Crippen LogP contribution in [0.3, 0.4) is 0 Å². The van der Waals surface area contributed by atoms with Crippen molar-refractivity contribution >= 4 is 0 Å². The van der Waals surface area contributed by atoms with E-state index in [1.165, 1.54) is 25.0 Å². The predicted molar refractivity (Wildman–Crippen MR) is 67.8 cm³/mol. The molecule has 1 aromatic heterocycles. The molecule has 17 heavy (non-hydrogen) atoms. The lowest BCUT2D eigenvalue weighted by Crippen LogP contribution is -2.31. The molecular formula is C14H22N2O. The topological polar surface area (TPSA) is 42.4 Å². The molecule has 3 unspecified atom stereocenters. The molecular weight excluding hydrogens is 212 g/mol. The maximum atomic E-state index is 6.02. The summed E-state index contributed by atoms with van der Waals surface area (Å²) in [4.78, 5) is 2.46. The molecule has 0 amide bonds. The highest BCUT2D eigenvalue weighted by atomic mass is 16.3. The maximum Gasteiger partial charge on any atom is 0.122 e. The van der Waals surface area contributed by atoms with Gasteiger partial charge in [0.1, 0.15) is 11.5 Å². The first-order chi connectivity index (χ1) is 8.29. The third-order valence-electron chi connectivity index (χ3n) is 4.26. The summed E-state index contributed by atoms with van der Waals surface area (Å²) < 4.78 is 6.02. The standard InChI is InChI=1S/C14H22N2O/c1-10-8-11(10)13-4-5-14(17-13)12(9-15)16-6-2-3-7-16/h4-5,10-12H,2-3,6-9,15H2,1H3. The molecule has 0 aromatic carbocycles. The largest absolute Gasteiger partial charge is 0.464 e. The number of hydrogen-bond donors (Lipinski definition) is 1. The molecule has 3 rings (SSSR count). The third kappa shape index (κ3) is 2.14. The minimum absolute atomic E-state index is 0.292. The predicted octanol–water partition coefficient (Wildman–Crippen LogP) is 2.50. The summed E-state index contributed by atoms with van der Waals surface area (Å²) >= 11 is 0. The van der Waals surface area contributed by atoms with Gasteiger partial charge < -0.3 is 10.2 Å². The van der Waals surface area contributed by atoms with Gasteiger partial charge in [0, 0.05) is 12.5 Å². The van der Waals surface area contributed by atoms with Crippen molar-refractivity contribution in [3.05, 3.63) is 23.7 Å². The summed E-state index contributed by atoms with van der Waals surface area (Å²) in [5.74, 6) is 3.71. The highest BCUT2D eigenvalue weighted by molar-refractivity contribution is 5.19. The van der Waals surface area contributed by atoms with Gasteiger partial charge in [0.25, 0.3) is 0 Å². The van der Waals surface area contributed by atoms with E-state index in [1.54, 1.807) is 0 Å². The van der Waals surface area contributed by atoms with Gasteiger partial charge in [-0.15, -0.1) is 0 Å². The number of furan rings is 1. The molecule has 3 nitrogen and oxygen atoms in total. The molecule has 1 aliphatic heterocycles. The van der Waals surface area contributed by atoms with E-state index >= 15 is 0 Å². The lowest BCUT2D eigenvalue weighted by atomic mass is 10.2. The summed E-state index contributed by atoms with van der Waals surface area (Å²) in [6.45, 7) is 5.27. The summed E-state index contributed by atoms with van der Waals surface area (Å²) in [5.41, 5.74) is 5.91. The Morgan fingerprint density at radius 3 is 2.71 bits per heavy atom. The Morgan fingerprint density at radius 1 is 1.41 bits per heavy atom. The number of nitrogens with zero attached hydrogens (tertiary/aromatic N) is 1. The van der Waals surface area contributed by atoms with Crippen molar-refractivity contribution in [3.8, 4) is 0 Å². The van der Waals surface area contributed by atoms with Crippen molar-refractivity contribution in [2.45, 2.75) is 38.1 Å². The molecule has 94 valence electrons. The van der Waals surface area contributed by atoms with E-state index in [1.807, 2.05) is 0 Å². The lowest BCUT2D eigenvalue weighted by molar-refractivity contribution is 0.217. The van der Waals surface area contributed by atoms with Crippen LogP contribution in [0.4, 0.5) is 0 Å². The Bertz CT molecular complexity index is 381. The van der Waals surface area contributed by atoms with Gasteiger partial charge in [-0.25, -0.2) is 0 Å². The monoisotopic (exact) mass is 234 g/mol. The Hall–Kier alpha value is -0.800. The van der Waals surface area contributed by atoms with E-state index in [-0.39, 0.29) is 0 Å². The molecule has 0 bridgehead atoms. The van der Waals surface area contributed by atoms with Crippen molar-refractivity contribution in [1.82, 2.24) is 4.90 Å². The zero-order valence-corrected chi connectivity index (χ0v) is 10.6. The van der Waals surface area contributed by atoms with Gasteiger partial charge in [-0.05, 0) is 50.4 Å². The molecule has 3 atom stereocenters. The first kappa shape index (κ1) is 11.3. The highest BCUT2D eigenvalue weighted by Crippen LogP contribution is 2.47. The fourth-order valence-corrected chi connectivity index (χ4v) is 2.96.